The van der Waals surface area contributed by atoms with Crippen molar-refractivity contribution in [3.05, 3.63) is 53.9 Å². The number of carbonyl (C=O) groups excluding carboxylic acids is 1. The third-order valence-electron chi connectivity index (χ3n) is 3.63. The van der Waals surface area contributed by atoms with Crippen molar-refractivity contribution >= 4 is 5.97 Å². The maximum Gasteiger partial charge on any atom is 0.360 e. The molecule has 0 unspecified atom stereocenters. The first-order chi connectivity index (χ1) is 10.6. The molecule has 22 heavy (non-hydrogen) atoms. The highest BCUT2D eigenvalue weighted by Crippen LogP contribution is 2.31. The van der Waals surface area contributed by atoms with Gasteiger partial charge in [0.25, 0.3) is 0 Å². The van der Waals surface area contributed by atoms with E-state index < -0.39 is 5.97 Å². The zero-order valence-corrected chi connectivity index (χ0v) is 12.7. The van der Waals surface area contributed by atoms with Gasteiger partial charge in [0.15, 0.2) is 11.5 Å². The minimum atomic E-state index is -0.514. The second-order valence-corrected chi connectivity index (χ2v) is 4.97. The van der Waals surface area contributed by atoms with Crippen molar-refractivity contribution in [2.75, 3.05) is 7.11 Å². The van der Waals surface area contributed by atoms with Gasteiger partial charge < -0.3 is 13.7 Å². The maximum atomic E-state index is 12.0. The molecule has 0 amide bonds. The summed E-state index contributed by atoms with van der Waals surface area (Å²) in [5, 5.41) is 0. The molecule has 5 nitrogen and oxygen atoms in total. The second kappa shape index (κ2) is 5.52. The Kier molecular flexibility index (Phi) is 3.55. The van der Waals surface area contributed by atoms with Crippen molar-refractivity contribution in [3.63, 3.8) is 0 Å². The topological polar surface area (TPSA) is 57.3 Å². The van der Waals surface area contributed by atoms with Gasteiger partial charge in [-0.3, -0.25) is 0 Å². The van der Waals surface area contributed by atoms with E-state index in [1.807, 2.05) is 61.0 Å². The van der Waals surface area contributed by atoms with E-state index >= 15 is 0 Å². The van der Waals surface area contributed by atoms with Crippen LogP contribution >= 0.6 is 0 Å². The van der Waals surface area contributed by atoms with Gasteiger partial charge in [0.05, 0.1) is 12.8 Å². The lowest BCUT2D eigenvalue weighted by Crippen LogP contribution is -2.05. The lowest BCUT2D eigenvalue weighted by Gasteiger charge is -2.03. The third-order valence-corrected chi connectivity index (χ3v) is 3.63. The van der Waals surface area contributed by atoms with Gasteiger partial charge in [-0.1, -0.05) is 18.2 Å². The fourth-order valence-corrected chi connectivity index (χ4v) is 2.27. The van der Waals surface area contributed by atoms with Crippen LogP contribution in [0.4, 0.5) is 0 Å². The number of hydrogen-bond donors (Lipinski definition) is 0. The average molecular weight is 296 g/mol. The van der Waals surface area contributed by atoms with Crippen molar-refractivity contribution < 1.29 is 13.9 Å². The molecule has 0 saturated carbocycles. The molecule has 1 aromatic carbocycles. The van der Waals surface area contributed by atoms with Crippen LogP contribution < -0.4 is 0 Å². The number of aromatic nitrogens is 2. The van der Waals surface area contributed by atoms with Crippen molar-refractivity contribution in [1.82, 2.24) is 9.55 Å². The van der Waals surface area contributed by atoms with Gasteiger partial charge in [-0.2, -0.15) is 0 Å². The first-order valence-electron chi connectivity index (χ1n) is 6.89. The molecule has 0 atom stereocenters. The van der Waals surface area contributed by atoms with E-state index in [-0.39, 0.29) is 5.69 Å². The summed E-state index contributed by atoms with van der Waals surface area (Å²) >= 11 is 0. The number of nitrogens with zero attached hydrogens (tertiary/aromatic N) is 2. The highest BCUT2D eigenvalue weighted by atomic mass is 16.5. The predicted molar refractivity (Wildman–Crippen MR) is 82.4 cm³/mol. The first-order valence-corrected chi connectivity index (χ1v) is 6.89. The zero-order chi connectivity index (χ0) is 15.7. The number of esters is 1. The Labute approximate surface area is 128 Å². The molecule has 0 saturated heterocycles. The Morgan fingerprint density at radius 3 is 2.50 bits per heavy atom. The molecule has 0 fully saturated rings. The van der Waals surface area contributed by atoms with Crippen LogP contribution in [0, 0.1) is 6.92 Å². The number of methoxy groups -OCH3 is 1. The molecule has 0 aliphatic carbocycles. The lowest BCUT2D eigenvalue weighted by atomic mass is 10.2. The molecule has 0 aliphatic heterocycles. The van der Waals surface area contributed by atoms with Crippen LogP contribution in [0.3, 0.4) is 0 Å². The van der Waals surface area contributed by atoms with E-state index in [2.05, 4.69) is 4.98 Å². The molecule has 5 heteroatoms. The average Bonchev–Trinajstić information content (AvgIpc) is 3.12. The van der Waals surface area contributed by atoms with Crippen LogP contribution in [0.25, 0.3) is 22.9 Å². The summed E-state index contributed by atoms with van der Waals surface area (Å²) in [5.41, 5.74) is 2.84. The van der Waals surface area contributed by atoms with E-state index in [0.717, 1.165) is 17.0 Å². The molecule has 3 aromatic rings. The third kappa shape index (κ3) is 2.30. The highest BCUT2D eigenvalue weighted by molar-refractivity contribution is 5.94. The quantitative estimate of drug-likeness (QED) is 0.695. The van der Waals surface area contributed by atoms with Crippen LogP contribution in [0.15, 0.2) is 46.9 Å². The smallest absolute Gasteiger partial charge is 0.360 e. The summed E-state index contributed by atoms with van der Waals surface area (Å²) in [6.07, 6.45) is 0. The fourth-order valence-electron chi connectivity index (χ4n) is 2.27. The highest BCUT2D eigenvalue weighted by Gasteiger charge is 2.24. The molecule has 112 valence electrons. The summed E-state index contributed by atoms with van der Waals surface area (Å²) < 4.78 is 12.6. The number of oxazole rings is 1. The van der Waals surface area contributed by atoms with Gasteiger partial charge >= 0.3 is 5.97 Å². The van der Waals surface area contributed by atoms with Gasteiger partial charge in [-0.05, 0) is 31.2 Å². The largest absolute Gasteiger partial charge is 0.464 e. The molecule has 3 rings (SSSR count). The van der Waals surface area contributed by atoms with Gasteiger partial charge in [0.1, 0.15) is 0 Å². The number of carbonyl (C=O) groups is 1. The summed E-state index contributed by atoms with van der Waals surface area (Å²) in [7, 11) is 3.25. The SMILES string of the molecule is COC(=O)c1nc(-c2ccccc2)oc1-c1ccc(C)n1C. The Morgan fingerprint density at radius 1 is 1.18 bits per heavy atom. The number of ether oxygens (including phenoxy) is 1. The Bertz CT molecular complexity index is 816. The van der Waals surface area contributed by atoms with E-state index in [1.165, 1.54) is 7.11 Å². The van der Waals surface area contributed by atoms with Crippen molar-refractivity contribution in [2.24, 2.45) is 7.05 Å². The van der Waals surface area contributed by atoms with Gasteiger partial charge in [0.2, 0.25) is 5.89 Å². The van der Waals surface area contributed by atoms with Crippen LogP contribution in [-0.2, 0) is 11.8 Å². The minimum Gasteiger partial charge on any atom is -0.464 e. The van der Waals surface area contributed by atoms with E-state index in [9.17, 15) is 4.79 Å². The molecular formula is C17H16N2O3. The molecule has 0 spiro atoms. The maximum absolute atomic E-state index is 12.0. The first kappa shape index (κ1) is 14.1. The van der Waals surface area contributed by atoms with Gasteiger partial charge in [0, 0.05) is 18.3 Å². The number of rotatable bonds is 3. The molecule has 0 bridgehead atoms. The zero-order valence-electron chi connectivity index (χ0n) is 12.7. The minimum absolute atomic E-state index is 0.183. The molecule has 0 aliphatic rings. The standard InChI is InChI=1S/C17H16N2O3/c1-11-9-10-13(19(11)2)15-14(17(20)21-3)18-16(22-15)12-7-5-4-6-8-12/h4-10H,1-3H3. The van der Waals surface area contributed by atoms with Gasteiger partial charge in [-0.25, -0.2) is 9.78 Å². The fraction of sp³-hybridized carbons (Fsp3) is 0.176. The molecule has 2 heterocycles. The normalized spacial score (nSPS) is 10.7. The summed E-state index contributed by atoms with van der Waals surface area (Å²) in [4.78, 5) is 16.3. The van der Waals surface area contributed by atoms with Gasteiger partial charge in [-0.15, -0.1) is 0 Å². The monoisotopic (exact) mass is 296 g/mol. The lowest BCUT2D eigenvalue weighted by molar-refractivity contribution is 0.0595. The Balaban J connectivity index is 2.18. The van der Waals surface area contributed by atoms with E-state index in [0.29, 0.717) is 11.7 Å². The summed E-state index contributed by atoms with van der Waals surface area (Å²) in [5.74, 6) is 0.302. The summed E-state index contributed by atoms with van der Waals surface area (Å²) in [6.45, 7) is 1.98. The number of benzene rings is 1. The number of hydrogen-bond acceptors (Lipinski definition) is 4. The van der Waals surface area contributed by atoms with Crippen molar-refractivity contribution in [2.45, 2.75) is 6.92 Å². The van der Waals surface area contributed by atoms with Crippen molar-refractivity contribution in [3.8, 4) is 22.9 Å². The van der Waals surface area contributed by atoms with Crippen LogP contribution in [0.1, 0.15) is 16.2 Å². The predicted octanol–water partition coefficient (Wildman–Crippen LogP) is 3.44. The molecule has 0 N–H and O–H groups in total. The molecule has 2 aromatic heterocycles. The Hall–Kier alpha value is -2.82. The van der Waals surface area contributed by atoms with Crippen LogP contribution in [-0.4, -0.2) is 22.6 Å². The summed E-state index contributed by atoms with van der Waals surface area (Å²) in [6, 6.07) is 13.3. The van der Waals surface area contributed by atoms with Crippen LogP contribution in [0.5, 0.6) is 0 Å². The van der Waals surface area contributed by atoms with E-state index in [4.69, 9.17) is 9.15 Å². The van der Waals surface area contributed by atoms with E-state index in [1.54, 1.807) is 0 Å². The number of aryl methyl sites for hydroxylation is 1. The van der Waals surface area contributed by atoms with Crippen LogP contribution in [0.2, 0.25) is 0 Å². The Morgan fingerprint density at radius 2 is 1.91 bits per heavy atom. The molecule has 0 radical (unpaired) electrons. The van der Waals surface area contributed by atoms with Crippen molar-refractivity contribution in [1.29, 1.82) is 0 Å². The second-order valence-electron chi connectivity index (χ2n) is 4.97. The molecular weight excluding hydrogens is 280 g/mol.